The molecule has 0 aliphatic carbocycles. The van der Waals surface area contributed by atoms with Crippen LogP contribution in [-0.2, 0) is 32.7 Å². The SMILES string of the molecule is CC/C=C\C/C=C\C/C=C\C/C=C\C=C/C(O)C/C=C\CCC(=O)OC[C@H](COP(=O)([O-])OCC[N+](C)(C)C)OC(=O)CCCCCCCCCCCCCCCCCCCCCCC. The van der Waals surface area contributed by atoms with Gasteiger partial charge in [0.2, 0.25) is 0 Å². The maximum Gasteiger partial charge on any atom is 0.306 e. The second-order valence-electron chi connectivity index (χ2n) is 18.4. The van der Waals surface area contributed by atoms with Crippen LogP contribution < -0.4 is 4.89 Å². The Morgan fingerprint density at radius 2 is 1.08 bits per heavy atom. The minimum absolute atomic E-state index is 0.0602. The molecule has 0 bridgehead atoms. The predicted octanol–water partition coefficient (Wildman–Crippen LogP) is 13.7. The number of likely N-dealkylation sites (N-methyl/N-ethyl adjacent to an activating group) is 1. The number of carbonyl (C=O) groups is 2. The molecule has 0 aromatic carbocycles. The van der Waals surface area contributed by atoms with Crippen LogP contribution in [-0.4, -0.2) is 81.2 Å². The number of hydrogen-bond acceptors (Lipinski definition) is 9. The number of hydrogen-bond donors (Lipinski definition) is 1. The lowest BCUT2D eigenvalue weighted by molar-refractivity contribution is -0.870. The summed E-state index contributed by atoms with van der Waals surface area (Å²) in [7, 11) is 1.07. The lowest BCUT2D eigenvalue weighted by Crippen LogP contribution is -2.37. The normalized spacial score (nSPS) is 14.5. The van der Waals surface area contributed by atoms with Gasteiger partial charge in [-0.25, -0.2) is 0 Å². The third kappa shape index (κ3) is 49.1. The molecule has 0 radical (unpaired) electrons. The molecule has 0 aromatic rings. The van der Waals surface area contributed by atoms with E-state index in [1.54, 1.807) is 12.2 Å². The summed E-state index contributed by atoms with van der Waals surface area (Å²) in [6, 6.07) is 0. The van der Waals surface area contributed by atoms with Crippen molar-refractivity contribution < 1.29 is 47.2 Å². The monoisotopic (exact) mass is 934 g/mol. The Bertz CT molecular complexity index is 1350. The summed E-state index contributed by atoms with van der Waals surface area (Å²) in [6.07, 6.45) is 54.0. The summed E-state index contributed by atoms with van der Waals surface area (Å²) < 4.78 is 33.9. The third-order valence-corrected chi connectivity index (χ3v) is 11.8. The molecule has 0 spiro atoms. The first-order valence-corrected chi connectivity index (χ1v) is 27.2. The summed E-state index contributed by atoms with van der Waals surface area (Å²) in [5.41, 5.74) is 0. The highest BCUT2D eigenvalue weighted by Crippen LogP contribution is 2.38. The first-order valence-electron chi connectivity index (χ1n) is 25.8. The summed E-state index contributed by atoms with van der Waals surface area (Å²) in [5, 5.41) is 10.2. The highest BCUT2D eigenvalue weighted by atomic mass is 31.2. The number of nitrogens with zero attached hydrogens (tertiary/aromatic N) is 1. The van der Waals surface area contributed by atoms with Crippen molar-refractivity contribution in [1.29, 1.82) is 0 Å². The van der Waals surface area contributed by atoms with Crippen LogP contribution in [0.15, 0.2) is 72.9 Å². The number of rotatable bonds is 46. The fourth-order valence-corrected chi connectivity index (χ4v) is 7.55. The molecule has 0 aliphatic heterocycles. The molecular weight excluding hydrogens is 838 g/mol. The van der Waals surface area contributed by atoms with Crippen molar-refractivity contribution in [3.05, 3.63) is 72.9 Å². The Balaban J connectivity index is 4.42. The van der Waals surface area contributed by atoms with Gasteiger partial charge in [-0.1, -0.05) is 215 Å². The minimum Gasteiger partial charge on any atom is -0.756 e. The van der Waals surface area contributed by atoms with E-state index in [4.69, 9.17) is 18.5 Å². The number of aliphatic hydroxyl groups is 1. The van der Waals surface area contributed by atoms with Gasteiger partial charge < -0.3 is 33.0 Å². The molecule has 11 heteroatoms. The van der Waals surface area contributed by atoms with Gasteiger partial charge in [-0.05, 0) is 44.9 Å². The first kappa shape index (κ1) is 62.4. The largest absolute Gasteiger partial charge is 0.756 e. The molecule has 2 unspecified atom stereocenters. The van der Waals surface area contributed by atoms with Crippen LogP contribution in [0.4, 0.5) is 0 Å². The van der Waals surface area contributed by atoms with Crippen LogP contribution in [0.5, 0.6) is 0 Å². The van der Waals surface area contributed by atoms with Crippen molar-refractivity contribution in [2.75, 3.05) is 47.5 Å². The van der Waals surface area contributed by atoms with Gasteiger partial charge in [-0.15, -0.1) is 0 Å². The van der Waals surface area contributed by atoms with Gasteiger partial charge in [0, 0.05) is 12.8 Å². The molecule has 1 N–H and O–H groups in total. The van der Waals surface area contributed by atoms with Gasteiger partial charge in [0.25, 0.3) is 7.82 Å². The number of unbranched alkanes of at least 4 members (excludes halogenated alkanes) is 20. The second-order valence-corrected chi connectivity index (χ2v) is 19.8. The highest BCUT2D eigenvalue weighted by Gasteiger charge is 2.21. The number of esters is 2. The molecule has 10 nitrogen and oxygen atoms in total. The van der Waals surface area contributed by atoms with E-state index >= 15 is 0 Å². The van der Waals surface area contributed by atoms with Crippen molar-refractivity contribution in [3.63, 3.8) is 0 Å². The summed E-state index contributed by atoms with van der Waals surface area (Å²) in [6.45, 7) is 3.93. The lowest BCUT2D eigenvalue weighted by Gasteiger charge is -2.28. The molecule has 3 atom stereocenters. The van der Waals surface area contributed by atoms with Gasteiger partial charge in [0.15, 0.2) is 6.10 Å². The molecule has 65 heavy (non-hydrogen) atoms. The number of aliphatic hydroxyl groups excluding tert-OH is 1. The minimum atomic E-state index is -4.67. The Morgan fingerprint density at radius 1 is 0.585 bits per heavy atom. The third-order valence-electron chi connectivity index (χ3n) is 10.8. The topological polar surface area (TPSA) is 131 Å². The zero-order chi connectivity index (χ0) is 48.0. The Hall–Kier alpha value is -2.59. The molecule has 376 valence electrons. The molecule has 0 saturated carbocycles. The number of phosphoric ester groups is 1. The van der Waals surface area contributed by atoms with Crippen LogP contribution in [0, 0.1) is 0 Å². The van der Waals surface area contributed by atoms with Gasteiger partial charge in [-0.2, -0.15) is 0 Å². The highest BCUT2D eigenvalue weighted by molar-refractivity contribution is 7.45. The summed E-state index contributed by atoms with van der Waals surface area (Å²) in [4.78, 5) is 37.7. The van der Waals surface area contributed by atoms with Crippen LogP contribution in [0.1, 0.15) is 200 Å². The quantitative estimate of drug-likeness (QED) is 0.0158. The maximum absolute atomic E-state index is 12.7. The number of ether oxygens (including phenoxy) is 2. The fraction of sp³-hybridized carbons (Fsp3) is 0.741. The molecule has 0 amide bonds. The standard InChI is InChI=1S/C54H96NO9P/c1-6-8-10-12-14-16-18-20-21-22-23-24-25-26-27-29-31-33-35-37-41-46-54(58)64-52(50-63-65(59,60)62-48-47-55(3,4)5)49-61-53(57)45-42-38-40-44-51(56)43-39-36-34-32-30-28-19-17-15-13-11-9-7-2/h9,11,15,17,28,30,34,36,38-40,43,51-52,56H,6-8,10,12-14,16,18-27,29,31-33,35,37,41-42,44-50H2,1-5H3/b11-9-,17-15-,30-28-,36-34-,40-38-,43-39-/t51?,52-/m1/s1. The van der Waals surface area contributed by atoms with E-state index < -0.39 is 38.6 Å². The van der Waals surface area contributed by atoms with Crippen molar-refractivity contribution in [2.24, 2.45) is 0 Å². The molecule has 0 aromatic heterocycles. The van der Waals surface area contributed by atoms with E-state index in [9.17, 15) is 24.2 Å². The second kappa shape index (κ2) is 45.2. The van der Waals surface area contributed by atoms with Crippen molar-refractivity contribution in [2.45, 2.75) is 212 Å². The van der Waals surface area contributed by atoms with Gasteiger partial charge in [0.1, 0.15) is 19.8 Å². The van der Waals surface area contributed by atoms with E-state index in [1.807, 2.05) is 45.4 Å². The number of quaternary nitrogens is 1. The summed E-state index contributed by atoms with van der Waals surface area (Å²) in [5.74, 6) is -1.01. The zero-order valence-corrected chi connectivity index (χ0v) is 42.9. The molecule has 0 fully saturated rings. The predicted molar refractivity (Wildman–Crippen MR) is 269 cm³/mol. The number of phosphoric acid groups is 1. The van der Waals surface area contributed by atoms with E-state index in [-0.39, 0.29) is 26.1 Å². The van der Waals surface area contributed by atoms with E-state index in [2.05, 4.69) is 50.3 Å². The number of carbonyl (C=O) groups excluding carboxylic acids is 2. The number of allylic oxidation sites excluding steroid dienone is 10. The van der Waals surface area contributed by atoms with E-state index in [0.29, 0.717) is 30.3 Å². The molecule has 0 heterocycles. The Kier molecular flexibility index (Phi) is 43.4. The molecule has 0 aliphatic rings. The molecule has 0 rings (SSSR count). The van der Waals surface area contributed by atoms with E-state index in [0.717, 1.165) is 44.9 Å². The maximum atomic E-state index is 12.7. The average molecular weight is 934 g/mol. The van der Waals surface area contributed by atoms with Gasteiger partial charge in [-0.3, -0.25) is 14.2 Å². The lowest BCUT2D eigenvalue weighted by atomic mass is 10.0. The van der Waals surface area contributed by atoms with Crippen LogP contribution in [0.25, 0.3) is 0 Å². The molecule has 0 saturated heterocycles. The fourth-order valence-electron chi connectivity index (χ4n) is 6.82. The average Bonchev–Trinajstić information content (AvgIpc) is 3.26. The Labute approximate surface area is 398 Å². The molecular formula is C54H96NO9P. The van der Waals surface area contributed by atoms with E-state index in [1.165, 1.54) is 109 Å². The van der Waals surface area contributed by atoms with Crippen molar-refractivity contribution in [1.82, 2.24) is 0 Å². The van der Waals surface area contributed by atoms with Crippen molar-refractivity contribution >= 4 is 19.8 Å². The van der Waals surface area contributed by atoms with Gasteiger partial charge >= 0.3 is 11.9 Å². The first-order chi connectivity index (χ1) is 31.4. The van der Waals surface area contributed by atoms with Gasteiger partial charge in [0.05, 0.1) is 33.9 Å². The van der Waals surface area contributed by atoms with Crippen molar-refractivity contribution in [3.8, 4) is 0 Å². The zero-order valence-electron chi connectivity index (χ0n) is 42.0. The van der Waals surface area contributed by atoms with Crippen LogP contribution >= 0.6 is 7.82 Å². The Morgan fingerprint density at radius 3 is 1.58 bits per heavy atom. The smallest absolute Gasteiger partial charge is 0.306 e. The van der Waals surface area contributed by atoms with Crippen LogP contribution in [0.2, 0.25) is 0 Å². The van der Waals surface area contributed by atoms with Crippen LogP contribution in [0.3, 0.4) is 0 Å². The summed E-state index contributed by atoms with van der Waals surface area (Å²) >= 11 is 0.